The second-order valence-corrected chi connectivity index (χ2v) is 5.92. The molecular formula is C17H23N3O. The smallest absolute Gasteiger partial charge is 0.122 e. The molecule has 0 fully saturated rings. The van der Waals surface area contributed by atoms with E-state index in [0.717, 1.165) is 30.9 Å². The minimum Gasteiger partial charge on any atom is -0.493 e. The molecule has 2 heterocycles. The molecule has 2 aromatic rings. The first-order chi connectivity index (χ1) is 10.1. The molecule has 1 aromatic carbocycles. The predicted molar refractivity (Wildman–Crippen MR) is 83.5 cm³/mol. The van der Waals surface area contributed by atoms with Crippen LogP contribution in [0, 0.1) is 13.8 Å². The van der Waals surface area contributed by atoms with Gasteiger partial charge in [0.05, 0.1) is 12.3 Å². The Kier molecular flexibility index (Phi) is 3.72. The lowest BCUT2D eigenvalue weighted by molar-refractivity contribution is 0.259. The van der Waals surface area contributed by atoms with Crippen LogP contribution >= 0.6 is 0 Å². The van der Waals surface area contributed by atoms with E-state index in [0.29, 0.717) is 5.92 Å². The summed E-state index contributed by atoms with van der Waals surface area (Å²) in [6, 6.07) is 8.33. The normalized spacial score (nSPS) is 19.0. The van der Waals surface area contributed by atoms with Gasteiger partial charge in [-0.2, -0.15) is 5.10 Å². The molecule has 3 rings (SSSR count). The third-order valence-electron chi connectivity index (χ3n) is 4.56. The van der Waals surface area contributed by atoms with Crippen LogP contribution in [0.3, 0.4) is 0 Å². The lowest BCUT2D eigenvalue weighted by Crippen LogP contribution is -2.20. The van der Waals surface area contributed by atoms with Crippen molar-refractivity contribution in [1.29, 1.82) is 0 Å². The van der Waals surface area contributed by atoms with E-state index in [9.17, 15) is 0 Å². The summed E-state index contributed by atoms with van der Waals surface area (Å²) in [6.07, 6.45) is 1.97. The van der Waals surface area contributed by atoms with Crippen LogP contribution in [-0.4, -0.2) is 16.4 Å². The third kappa shape index (κ3) is 2.56. The highest BCUT2D eigenvalue weighted by Crippen LogP contribution is 2.38. The van der Waals surface area contributed by atoms with Crippen molar-refractivity contribution in [2.45, 2.75) is 38.6 Å². The van der Waals surface area contributed by atoms with E-state index in [1.165, 1.54) is 16.8 Å². The molecule has 1 aliphatic heterocycles. The molecule has 2 atom stereocenters. The zero-order valence-corrected chi connectivity index (χ0v) is 13.0. The van der Waals surface area contributed by atoms with Crippen molar-refractivity contribution in [2.24, 2.45) is 12.8 Å². The molecule has 0 spiro atoms. The van der Waals surface area contributed by atoms with Crippen LogP contribution in [0.4, 0.5) is 0 Å². The summed E-state index contributed by atoms with van der Waals surface area (Å²) >= 11 is 0. The molecule has 0 saturated carbocycles. The Morgan fingerprint density at radius 1 is 1.38 bits per heavy atom. The molecule has 1 aliphatic rings. The third-order valence-corrected chi connectivity index (χ3v) is 4.56. The molecule has 0 bridgehead atoms. The Balaban J connectivity index is 1.84. The van der Waals surface area contributed by atoms with Gasteiger partial charge in [-0.1, -0.05) is 18.2 Å². The second kappa shape index (κ2) is 5.53. The molecular weight excluding hydrogens is 262 g/mol. The predicted octanol–water partition coefficient (Wildman–Crippen LogP) is 2.99. The van der Waals surface area contributed by atoms with Crippen LogP contribution in [0.2, 0.25) is 0 Å². The van der Waals surface area contributed by atoms with Crippen LogP contribution in [0.1, 0.15) is 47.3 Å². The molecule has 0 saturated heterocycles. The quantitative estimate of drug-likeness (QED) is 0.943. The van der Waals surface area contributed by atoms with E-state index >= 15 is 0 Å². The highest BCUT2D eigenvalue weighted by Gasteiger charge is 2.26. The van der Waals surface area contributed by atoms with Crippen molar-refractivity contribution in [3.63, 3.8) is 0 Å². The standard InChI is InChI=1S/C17H23N3O/c1-11-17(12(2)20(3)19-11)15(18)10-13-8-9-21-16-7-5-4-6-14(13)16/h4-7,13,15H,8-10,18H2,1-3H3. The summed E-state index contributed by atoms with van der Waals surface area (Å²) in [4.78, 5) is 0. The molecule has 2 N–H and O–H groups in total. The summed E-state index contributed by atoms with van der Waals surface area (Å²) in [5.74, 6) is 1.48. The summed E-state index contributed by atoms with van der Waals surface area (Å²) in [6.45, 7) is 4.91. The number of fused-ring (bicyclic) bond motifs is 1. The van der Waals surface area contributed by atoms with E-state index in [1.54, 1.807) is 0 Å². The maximum atomic E-state index is 6.50. The van der Waals surface area contributed by atoms with Gasteiger partial charge in [-0.25, -0.2) is 0 Å². The minimum atomic E-state index is 0.0230. The van der Waals surface area contributed by atoms with E-state index in [-0.39, 0.29) is 6.04 Å². The molecule has 1 aromatic heterocycles. The van der Waals surface area contributed by atoms with Gasteiger partial charge in [0.1, 0.15) is 5.75 Å². The number of hydrogen-bond acceptors (Lipinski definition) is 3. The van der Waals surface area contributed by atoms with Crippen LogP contribution < -0.4 is 10.5 Å². The maximum Gasteiger partial charge on any atom is 0.122 e. The number of nitrogens with zero attached hydrogens (tertiary/aromatic N) is 2. The number of hydrogen-bond donors (Lipinski definition) is 1. The van der Waals surface area contributed by atoms with Gasteiger partial charge in [-0.15, -0.1) is 0 Å². The van der Waals surface area contributed by atoms with Crippen molar-refractivity contribution in [3.8, 4) is 5.75 Å². The number of nitrogens with two attached hydrogens (primary N) is 1. The van der Waals surface area contributed by atoms with Gasteiger partial charge in [-0.3, -0.25) is 4.68 Å². The fourth-order valence-electron chi connectivity index (χ4n) is 3.41. The van der Waals surface area contributed by atoms with Crippen molar-refractivity contribution in [3.05, 3.63) is 46.8 Å². The van der Waals surface area contributed by atoms with Gasteiger partial charge in [0.2, 0.25) is 0 Å². The Morgan fingerprint density at radius 2 is 2.14 bits per heavy atom. The van der Waals surface area contributed by atoms with Gasteiger partial charge in [0.25, 0.3) is 0 Å². The van der Waals surface area contributed by atoms with Gasteiger partial charge in [0, 0.05) is 24.3 Å². The first-order valence-electron chi connectivity index (χ1n) is 7.55. The highest BCUT2D eigenvalue weighted by molar-refractivity contribution is 5.38. The number of aromatic nitrogens is 2. The zero-order chi connectivity index (χ0) is 15.0. The molecule has 0 radical (unpaired) electrons. The fourth-order valence-corrected chi connectivity index (χ4v) is 3.41. The average Bonchev–Trinajstić information content (AvgIpc) is 2.72. The van der Waals surface area contributed by atoms with Crippen molar-refractivity contribution in [2.75, 3.05) is 6.61 Å². The molecule has 112 valence electrons. The van der Waals surface area contributed by atoms with Gasteiger partial charge >= 0.3 is 0 Å². The van der Waals surface area contributed by atoms with Crippen LogP contribution in [0.15, 0.2) is 24.3 Å². The van der Waals surface area contributed by atoms with Gasteiger partial charge in [0.15, 0.2) is 0 Å². The van der Waals surface area contributed by atoms with Crippen LogP contribution in [-0.2, 0) is 7.05 Å². The SMILES string of the molecule is Cc1nn(C)c(C)c1C(N)CC1CCOc2ccccc21. The lowest BCUT2D eigenvalue weighted by Gasteiger charge is -2.28. The van der Waals surface area contributed by atoms with Crippen molar-refractivity contribution in [1.82, 2.24) is 9.78 Å². The number of ether oxygens (including phenoxy) is 1. The van der Waals surface area contributed by atoms with Crippen molar-refractivity contribution < 1.29 is 4.74 Å². The monoisotopic (exact) mass is 285 g/mol. The minimum absolute atomic E-state index is 0.0230. The van der Waals surface area contributed by atoms with E-state index in [1.807, 2.05) is 30.8 Å². The molecule has 4 nitrogen and oxygen atoms in total. The average molecular weight is 285 g/mol. The Hall–Kier alpha value is -1.81. The summed E-state index contributed by atoms with van der Waals surface area (Å²) < 4.78 is 7.65. The molecule has 0 amide bonds. The first-order valence-corrected chi connectivity index (χ1v) is 7.55. The molecule has 21 heavy (non-hydrogen) atoms. The largest absolute Gasteiger partial charge is 0.493 e. The van der Waals surface area contributed by atoms with E-state index < -0.39 is 0 Å². The van der Waals surface area contributed by atoms with Crippen molar-refractivity contribution >= 4 is 0 Å². The number of benzene rings is 1. The maximum absolute atomic E-state index is 6.50. The molecule has 2 unspecified atom stereocenters. The van der Waals surface area contributed by atoms with E-state index in [2.05, 4.69) is 24.2 Å². The number of para-hydroxylation sites is 1. The van der Waals surface area contributed by atoms with Gasteiger partial charge in [-0.05, 0) is 44.2 Å². The highest BCUT2D eigenvalue weighted by atomic mass is 16.5. The number of rotatable bonds is 3. The van der Waals surface area contributed by atoms with E-state index in [4.69, 9.17) is 10.5 Å². The van der Waals surface area contributed by atoms with Gasteiger partial charge < -0.3 is 10.5 Å². The molecule has 0 aliphatic carbocycles. The summed E-state index contributed by atoms with van der Waals surface area (Å²) in [5, 5.41) is 4.48. The summed E-state index contributed by atoms with van der Waals surface area (Å²) in [7, 11) is 1.97. The first kappa shape index (κ1) is 14.1. The van der Waals surface area contributed by atoms with Crippen LogP contribution in [0.5, 0.6) is 5.75 Å². The Morgan fingerprint density at radius 3 is 2.86 bits per heavy atom. The lowest BCUT2D eigenvalue weighted by atomic mass is 9.85. The second-order valence-electron chi connectivity index (χ2n) is 5.92. The van der Waals surface area contributed by atoms with Crippen LogP contribution in [0.25, 0.3) is 0 Å². The summed E-state index contributed by atoms with van der Waals surface area (Å²) in [5.41, 5.74) is 11.2. The Labute approximate surface area is 125 Å². The fraction of sp³-hybridized carbons (Fsp3) is 0.471. The molecule has 4 heteroatoms. The zero-order valence-electron chi connectivity index (χ0n) is 13.0. The topological polar surface area (TPSA) is 53.1 Å². The Bertz CT molecular complexity index is 647. The number of aryl methyl sites for hydroxylation is 2.